The number of hydrogen-bond acceptors (Lipinski definition) is 3. The van der Waals surface area contributed by atoms with E-state index >= 15 is 0 Å². The maximum atomic E-state index is 12.6. The van der Waals surface area contributed by atoms with Gasteiger partial charge in [-0.3, -0.25) is 9.59 Å². The van der Waals surface area contributed by atoms with Gasteiger partial charge in [0.15, 0.2) is 0 Å². The van der Waals surface area contributed by atoms with E-state index in [0.717, 1.165) is 18.4 Å². The van der Waals surface area contributed by atoms with Crippen LogP contribution in [0.2, 0.25) is 0 Å². The maximum absolute atomic E-state index is 12.6. The Morgan fingerprint density at radius 2 is 1.86 bits per heavy atom. The number of carbonyl (C=O) groups is 2. The molecule has 2 rings (SSSR count). The van der Waals surface area contributed by atoms with Crippen LogP contribution >= 0.6 is 0 Å². The fourth-order valence-electron chi connectivity index (χ4n) is 2.89. The molecule has 21 heavy (non-hydrogen) atoms. The number of nitrogens with zero attached hydrogens (tertiary/aromatic N) is 1. The van der Waals surface area contributed by atoms with Gasteiger partial charge >= 0.3 is 5.97 Å². The minimum absolute atomic E-state index is 0.0532. The van der Waals surface area contributed by atoms with Gasteiger partial charge in [-0.25, -0.2) is 0 Å². The molecule has 0 saturated carbocycles. The Morgan fingerprint density at radius 1 is 1.24 bits per heavy atom. The molecule has 0 spiro atoms. The van der Waals surface area contributed by atoms with Gasteiger partial charge < -0.3 is 15.7 Å². The first-order valence-electron chi connectivity index (χ1n) is 7.37. The zero-order valence-corrected chi connectivity index (χ0v) is 12.1. The second kappa shape index (κ2) is 7.22. The van der Waals surface area contributed by atoms with Crippen LogP contribution in [0.25, 0.3) is 0 Å². The molecule has 1 aromatic carbocycles. The predicted molar refractivity (Wildman–Crippen MR) is 79.8 cm³/mol. The fraction of sp³-hybridized carbons (Fsp3) is 0.500. The number of carbonyl (C=O) groups excluding carboxylic acids is 1. The zero-order valence-electron chi connectivity index (χ0n) is 12.1. The van der Waals surface area contributed by atoms with Crippen molar-refractivity contribution in [2.75, 3.05) is 19.6 Å². The Labute approximate surface area is 124 Å². The Balaban J connectivity index is 1.96. The van der Waals surface area contributed by atoms with Crippen LogP contribution in [0.4, 0.5) is 0 Å². The van der Waals surface area contributed by atoms with Crippen LogP contribution in [-0.4, -0.2) is 41.5 Å². The number of carboxylic acid groups (broad SMARTS) is 1. The number of aliphatic carboxylic acids is 1. The summed E-state index contributed by atoms with van der Waals surface area (Å²) in [5, 5.41) is 8.82. The van der Waals surface area contributed by atoms with Crippen LogP contribution in [-0.2, 0) is 9.59 Å². The van der Waals surface area contributed by atoms with E-state index in [2.05, 4.69) is 0 Å². The van der Waals surface area contributed by atoms with Gasteiger partial charge in [0.25, 0.3) is 0 Å². The molecule has 5 nitrogen and oxygen atoms in total. The van der Waals surface area contributed by atoms with Crippen molar-refractivity contribution >= 4 is 11.9 Å². The third-order valence-corrected chi connectivity index (χ3v) is 4.13. The van der Waals surface area contributed by atoms with E-state index in [1.165, 1.54) is 0 Å². The van der Waals surface area contributed by atoms with Gasteiger partial charge in [-0.05, 0) is 24.3 Å². The number of rotatable bonds is 5. The summed E-state index contributed by atoms with van der Waals surface area (Å²) in [4.78, 5) is 25.1. The lowest BCUT2D eigenvalue weighted by atomic mass is 9.91. The van der Waals surface area contributed by atoms with Gasteiger partial charge in [0.1, 0.15) is 0 Å². The SMILES string of the molecule is NCC(C(=O)N1CCC(CC(=O)O)CC1)c1ccccc1. The third-order valence-electron chi connectivity index (χ3n) is 4.13. The molecule has 3 N–H and O–H groups in total. The summed E-state index contributed by atoms with van der Waals surface area (Å²) in [6.45, 7) is 1.54. The standard InChI is InChI=1S/C16H22N2O3/c17-11-14(13-4-2-1-3-5-13)16(21)18-8-6-12(7-9-18)10-15(19)20/h1-5,12,14H,6-11,17H2,(H,19,20). The van der Waals surface area contributed by atoms with Gasteiger partial charge in [0.05, 0.1) is 5.92 Å². The Morgan fingerprint density at radius 3 is 2.38 bits per heavy atom. The monoisotopic (exact) mass is 290 g/mol. The molecule has 0 aromatic heterocycles. The Bertz CT molecular complexity index is 482. The molecule has 1 fully saturated rings. The number of amides is 1. The number of carboxylic acids is 1. The quantitative estimate of drug-likeness (QED) is 0.859. The predicted octanol–water partition coefficient (Wildman–Crippen LogP) is 1.44. The largest absolute Gasteiger partial charge is 0.481 e. The summed E-state index contributed by atoms with van der Waals surface area (Å²) < 4.78 is 0. The van der Waals surface area contributed by atoms with Gasteiger partial charge in [0, 0.05) is 26.1 Å². The topological polar surface area (TPSA) is 83.6 Å². The molecular formula is C16H22N2O3. The first kappa shape index (κ1) is 15.5. The normalized spacial score (nSPS) is 17.5. The molecular weight excluding hydrogens is 268 g/mol. The molecule has 0 bridgehead atoms. The first-order chi connectivity index (χ1) is 10.1. The number of piperidine rings is 1. The lowest BCUT2D eigenvalue weighted by molar-refractivity contribution is -0.138. The molecule has 1 heterocycles. The highest BCUT2D eigenvalue weighted by Gasteiger charge is 2.29. The minimum atomic E-state index is -0.760. The second-order valence-corrected chi connectivity index (χ2v) is 5.57. The van der Waals surface area contributed by atoms with Crippen molar-refractivity contribution in [1.82, 2.24) is 4.90 Å². The van der Waals surface area contributed by atoms with Crippen LogP contribution in [0, 0.1) is 5.92 Å². The number of likely N-dealkylation sites (tertiary alicyclic amines) is 1. The Kier molecular flexibility index (Phi) is 5.33. The highest BCUT2D eigenvalue weighted by molar-refractivity contribution is 5.84. The van der Waals surface area contributed by atoms with Crippen molar-refractivity contribution in [2.24, 2.45) is 11.7 Å². The van der Waals surface area contributed by atoms with E-state index in [9.17, 15) is 9.59 Å². The van der Waals surface area contributed by atoms with Crippen molar-refractivity contribution in [1.29, 1.82) is 0 Å². The molecule has 0 aliphatic carbocycles. The second-order valence-electron chi connectivity index (χ2n) is 5.57. The summed E-state index contributed by atoms with van der Waals surface area (Å²) in [6, 6.07) is 9.58. The Hall–Kier alpha value is -1.88. The zero-order chi connectivity index (χ0) is 15.2. The first-order valence-corrected chi connectivity index (χ1v) is 7.37. The summed E-state index contributed by atoms with van der Waals surface area (Å²) in [6.07, 6.45) is 1.70. The van der Waals surface area contributed by atoms with Crippen molar-refractivity contribution < 1.29 is 14.7 Å². The van der Waals surface area contributed by atoms with E-state index in [1.54, 1.807) is 0 Å². The molecule has 1 unspecified atom stereocenters. The molecule has 1 aromatic rings. The lowest BCUT2D eigenvalue weighted by Gasteiger charge is -2.33. The van der Waals surface area contributed by atoms with E-state index in [1.807, 2.05) is 35.2 Å². The smallest absolute Gasteiger partial charge is 0.303 e. The highest BCUT2D eigenvalue weighted by atomic mass is 16.4. The van der Waals surface area contributed by atoms with Gasteiger partial charge in [-0.15, -0.1) is 0 Å². The van der Waals surface area contributed by atoms with Crippen molar-refractivity contribution in [3.8, 4) is 0 Å². The fourth-order valence-corrected chi connectivity index (χ4v) is 2.89. The lowest BCUT2D eigenvalue weighted by Crippen LogP contribution is -2.43. The summed E-state index contributed by atoms with van der Waals surface area (Å²) in [7, 11) is 0. The summed E-state index contributed by atoms with van der Waals surface area (Å²) in [5.74, 6) is -0.830. The van der Waals surface area contributed by atoms with E-state index < -0.39 is 5.97 Å². The molecule has 1 saturated heterocycles. The number of hydrogen-bond donors (Lipinski definition) is 2. The van der Waals surface area contributed by atoms with Gasteiger partial charge in [-0.1, -0.05) is 30.3 Å². The summed E-state index contributed by atoms with van der Waals surface area (Å²) in [5.41, 5.74) is 6.72. The molecule has 1 amide bonds. The van der Waals surface area contributed by atoms with Crippen LogP contribution in [0.5, 0.6) is 0 Å². The minimum Gasteiger partial charge on any atom is -0.481 e. The average molecular weight is 290 g/mol. The van der Waals surface area contributed by atoms with Crippen molar-refractivity contribution in [2.45, 2.75) is 25.2 Å². The molecule has 1 atom stereocenters. The van der Waals surface area contributed by atoms with E-state index in [4.69, 9.17) is 10.8 Å². The summed E-state index contributed by atoms with van der Waals surface area (Å²) >= 11 is 0. The molecule has 5 heteroatoms. The molecule has 1 aliphatic heterocycles. The van der Waals surface area contributed by atoms with E-state index in [-0.39, 0.29) is 30.7 Å². The van der Waals surface area contributed by atoms with Crippen LogP contribution in [0.3, 0.4) is 0 Å². The van der Waals surface area contributed by atoms with Crippen LogP contribution < -0.4 is 5.73 Å². The van der Waals surface area contributed by atoms with Gasteiger partial charge in [-0.2, -0.15) is 0 Å². The molecule has 1 aliphatic rings. The number of benzene rings is 1. The van der Waals surface area contributed by atoms with Crippen LogP contribution in [0.1, 0.15) is 30.7 Å². The van der Waals surface area contributed by atoms with E-state index in [0.29, 0.717) is 13.1 Å². The third kappa shape index (κ3) is 4.04. The highest BCUT2D eigenvalue weighted by Crippen LogP contribution is 2.24. The van der Waals surface area contributed by atoms with Crippen LogP contribution in [0.15, 0.2) is 30.3 Å². The number of nitrogens with two attached hydrogens (primary N) is 1. The van der Waals surface area contributed by atoms with Crippen molar-refractivity contribution in [3.63, 3.8) is 0 Å². The van der Waals surface area contributed by atoms with Crippen molar-refractivity contribution in [3.05, 3.63) is 35.9 Å². The van der Waals surface area contributed by atoms with Gasteiger partial charge in [0.2, 0.25) is 5.91 Å². The maximum Gasteiger partial charge on any atom is 0.303 e. The molecule has 114 valence electrons. The molecule has 0 radical (unpaired) electrons. The average Bonchev–Trinajstić information content (AvgIpc) is 2.49.